The molecular weight excluding hydrogens is 170 g/mol. The summed E-state index contributed by atoms with van der Waals surface area (Å²) in [6.07, 6.45) is 4.04. The summed E-state index contributed by atoms with van der Waals surface area (Å²) >= 11 is 0. The van der Waals surface area contributed by atoms with Crippen LogP contribution < -0.4 is 5.32 Å². The number of rotatable bonds is 0. The number of benzene rings is 1. The van der Waals surface area contributed by atoms with Gasteiger partial charge in [0.2, 0.25) is 0 Å². The topological polar surface area (TPSA) is 12.0 Å². The van der Waals surface area contributed by atoms with E-state index in [0.29, 0.717) is 6.04 Å². The van der Waals surface area contributed by atoms with Crippen LogP contribution >= 0.6 is 0 Å². The zero-order valence-electron chi connectivity index (χ0n) is 8.72. The van der Waals surface area contributed by atoms with Crippen molar-refractivity contribution in [1.29, 1.82) is 0 Å². The average molecular weight is 187 g/mol. The highest BCUT2D eigenvalue weighted by Gasteiger charge is 2.30. The predicted octanol–water partition coefficient (Wildman–Crippen LogP) is 2.60. The average Bonchev–Trinajstić information content (AvgIpc) is 2.24. The van der Waals surface area contributed by atoms with Gasteiger partial charge in [-0.3, -0.25) is 0 Å². The van der Waals surface area contributed by atoms with Gasteiger partial charge in [0.15, 0.2) is 0 Å². The van der Waals surface area contributed by atoms with Gasteiger partial charge in [0.25, 0.3) is 0 Å². The molecule has 2 aliphatic rings. The molecule has 0 saturated carbocycles. The van der Waals surface area contributed by atoms with E-state index in [2.05, 4.69) is 30.4 Å². The Morgan fingerprint density at radius 1 is 1.29 bits per heavy atom. The SMILES string of the molecule is CC1NCc2cccc3c2C1CCC3. The van der Waals surface area contributed by atoms with Gasteiger partial charge in [-0.25, -0.2) is 0 Å². The maximum atomic E-state index is 3.60. The van der Waals surface area contributed by atoms with E-state index in [1.54, 1.807) is 16.7 Å². The minimum atomic E-state index is 0.670. The van der Waals surface area contributed by atoms with Gasteiger partial charge in [-0.15, -0.1) is 0 Å². The first-order valence-corrected chi connectivity index (χ1v) is 5.70. The molecule has 1 aliphatic carbocycles. The van der Waals surface area contributed by atoms with Crippen molar-refractivity contribution in [2.24, 2.45) is 0 Å². The summed E-state index contributed by atoms with van der Waals surface area (Å²) in [5, 5.41) is 3.60. The van der Waals surface area contributed by atoms with Crippen LogP contribution in [0, 0.1) is 0 Å². The van der Waals surface area contributed by atoms with Gasteiger partial charge in [-0.2, -0.15) is 0 Å². The molecule has 0 spiro atoms. The lowest BCUT2D eigenvalue weighted by molar-refractivity contribution is 0.385. The highest BCUT2D eigenvalue weighted by molar-refractivity contribution is 5.42. The van der Waals surface area contributed by atoms with Gasteiger partial charge >= 0.3 is 0 Å². The summed E-state index contributed by atoms with van der Waals surface area (Å²) in [4.78, 5) is 0. The minimum absolute atomic E-state index is 0.670. The molecule has 1 aromatic rings. The van der Waals surface area contributed by atoms with Crippen molar-refractivity contribution >= 4 is 0 Å². The normalized spacial score (nSPS) is 29.8. The largest absolute Gasteiger partial charge is 0.310 e. The number of nitrogens with one attached hydrogen (secondary N) is 1. The molecule has 1 nitrogen and oxygen atoms in total. The molecule has 0 aromatic heterocycles. The molecule has 0 amide bonds. The molecule has 0 radical (unpaired) electrons. The lowest BCUT2D eigenvalue weighted by atomic mass is 9.75. The van der Waals surface area contributed by atoms with Crippen LogP contribution in [0.2, 0.25) is 0 Å². The quantitative estimate of drug-likeness (QED) is 0.658. The van der Waals surface area contributed by atoms with Crippen molar-refractivity contribution in [1.82, 2.24) is 5.32 Å². The summed E-state index contributed by atoms with van der Waals surface area (Å²) in [7, 11) is 0. The molecule has 1 heteroatoms. The Kier molecular flexibility index (Phi) is 1.88. The Bertz CT molecular complexity index is 342. The third-order valence-electron chi connectivity index (χ3n) is 3.84. The first-order chi connectivity index (χ1) is 6.86. The molecule has 0 fully saturated rings. The van der Waals surface area contributed by atoms with Gasteiger partial charge in [-0.05, 0) is 48.8 Å². The fraction of sp³-hybridized carbons (Fsp3) is 0.538. The molecule has 0 saturated heterocycles. The Hall–Kier alpha value is -0.820. The summed E-state index contributed by atoms with van der Waals surface area (Å²) in [6, 6.07) is 7.50. The molecule has 0 bridgehead atoms. The zero-order valence-corrected chi connectivity index (χ0v) is 8.72. The highest BCUT2D eigenvalue weighted by atomic mass is 14.9. The second-order valence-electron chi connectivity index (χ2n) is 4.66. The molecule has 14 heavy (non-hydrogen) atoms. The van der Waals surface area contributed by atoms with Crippen molar-refractivity contribution in [2.75, 3.05) is 0 Å². The van der Waals surface area contributed by atoms with E-state index in [4.69, 9.17) is 0 Å². The first kappa shape index (κ1) is 8.49. The number of hydrogen-bond acceptors (Lipinski definition) is 1. The fourth-order valence-corrected chi connectivity index (χ4v) is 3.08. The third kappa shape index (κ3) is 1.12. The van der Waals surface area contributed by atoms with Gasteiger partial charge < -0.3 is 5.32 Å². The summed E-state index contributed by atoms with van der Waals surface area (Å²) in [6.45, 7) is 3.40. The van der Waals surface area contributed by atoms with Crippen molar-refractivity contribution in [3.63, 3.8) is 0 Å². The molecule has 3 rings (SSSR count). The summed E-state index contributed by atoms with van der Waals surface area (Å²) in [5.74, 6) is 0.781. The van der Waals surface area contributed by atoms with Crippen LogP contribution in [0.5, 0.6) is 0 Å². The third-order valence-corrected chi connectivity index (χ3v) is 3.84. The van der Waals surface area contributed by atoms with Gasteiger partial charge in [0, 0.05) is 12.6 Å². The fourth-order valence-electron chi connectivity index (χ4n) is 3.08. The Balaban J connectivity index is 2.17. The van der Waals surface area contributed by atoms with Crippen LogP contribution in [-0.4, -0.2) is 6.04 Å². The maximum absolute atomic E-state index is 3.60. The lowest BCUT2D eigenvalue weighted by Gasteiger charge is -2.37. The first-order valence-electron chi connectivity index (χ1n) is 5.70. The van der Waals surface area contributed by atoms with Crippen LogP contribution in [0.4, 0.5) is 0 Å². The van der Waals surface area contributed by atoms with Gasteiger partial charge in [0.05, 0.1) is 0 Å². The highest BCUT2D eigenvalue weighted by Crippen LogP contribution is 2.38. The van der Waals surface area contributed by atoms with Crippen molar-refractivity contribution in [3.8, 4) is 0 Å². The van der Waals surface area contributed by atoms with Crippen LogP contribution in [0.25, 0.3) is 0 Å². The standard InChI is InChI=1S/C13H17N/c1-9-12-7-3-5-10-4-2-6-11(8-14-9)13(10)12/h2,4,6,9,12,14H,3,5,7-8H2,1H3. The molecule has 1 heterocycles. The van der Waals surface area contributed by atoms with Crippen molar-refractivity contribution < 1.29 is 0 Å². The number of aryl methyl sites for hydroxylation is 1. The van der Waals surface area contributed by atoms with E-state index in [9.17, 15) is 0 Å². The molecule has 1 N–H and O–H groups in total. The molecular formula is C13H17N. The van der Waals surface area contributed by atoms with E-state index in [1.165, 1.54) is 19.3 Å². The van der Waals surface area contributed by atoms with Crippen molar-refractivity contribution in [2.45, 2.75) is 44.7 Å². The van der Waals surface area contributed by atoms with Crippen LogP contribution in [0.1, 0.15) is 42.4 Å². The molecule has 2 unspecified atom stereocenters. The molecule has 2 atom stereocenters. The molecule has 1 aliphatic heterocycles. The van der Waals surface area contributed by atoms with E-state index in [0.717, 1.165) is 12.5 Å². The number of hydrogen-bond donors (Lipinski definition) is 1. The van der Waals surface area contributed by atoms with Crippen LogP contribution in [-0.2, 0) is 13.0 Å². The summed E-state index contributed by atoms with van der Waals surface area (Å²) < 4.78 is 0. The second kappa shape index (κ2) is 3.09. The monoisotopic (exact) mass is 187 g/mol. The van der Waals surface area contributed by atoms with E-state index in [-0.39, 0.29) is 0 Å². The maximum Gasteiger partial charge on any atom is 0.0211 e. The minimum Gasteiger partial charge on any atom is -0.310 e. The zero-order chi connectivity index (χ0) is 9.54. The smallest absolute Gasteiger partial charge is 0.0211 e. The lowest BCUT2D eigenvalue weighted by Crippen LogP contribution is -2.38. The Labute approximate surface area is 85.5 Å². The van der Waals surface area contributed by atoms with Crippen LogP contribution in [0.15, 0.2) is 18.2 Å². The Morgan fingerprint density at radius 2 is 2.14 bits per heavy atom. The summed E-state index contributed by atoms with van der Waals surface area (Å²) in [5.41, 5.74) is 4.85. The molecule has 1 aromatic carbocycles. The van der Waals surface area contributed by atoms with E-state index >= 15 is 0 Å². The second-order valence-corrected chi connectivity index (χ2v) is 4.66. The predicted molar refractivity (Wildman–Crippen MR) is 58.4 cm³/mol. The van der Waals surface area contributed by atoms with E-state index < -0.39 is 0 Å². The van der Waals surface area contributed by atoms with E-state index in [1.807, 2.05) is 0 Å². The van der Waals surface area contributed by atoms with Crippen molar-refractivity contribution in [3.05, 3.63) is 34.9 Å². The van der Waals surface area contributed by atoms with Gasteiger partial charge in [0.1, 0.15) is 0 Å². The molecule has 74 valence electrons. The Morgan fingerprint density at radius 3 is 3.07 bits per heavy atom. The van der Waals surface area contributed by atoms with Gasteiger partial charge in [-0.1, -0.05) is 18.2 Å². The van der Waals surface area contributed by atoms with Crippen LogP contribution in [0.3, 0.4) is 0 Å².